The molecule has 0 aromatic heterocycles. The van der Waals surface area contributed by atoms with Crippen LogP contribution < -0.4 is 0 Å². The molecule has 1 N–H and O–H groups in total. The zero-order valence-corrected chi connectivity index (χ0v) is 10.8. The standard InChI is InChI=1S/C13H25NO2/c1-11-7-6-10-14(11)9-5-4-8-13(2,3)12(15)16/h11H,4-10H2,1-3H3,(H,15,16). The Morgan fingerprint density at radius 3 is 2.62 bits per heavy atom. The summed E-state index contributed by atoms with van der Waals surface area (Å²) in [5.74, 6) is -0.679. The van der Waals surface area contributed by atoms with E-state index in [1.165, 1.54) is 19.4 Å². The van der Waals surface area contributed by atoms with Crippen molar-refractivity contribution >= 4 is 5.97 Å². The number of aliphatic carboxylic acids is 1. The molecule has 0 radical (unpaired) electrons. The van der Waals surface area contributed by atoms with E-state index in [0.717, 1.165) is 31.8 Å². The van der Waals surface area contributed by atoms with Crippen molar-refractivity contribution in [2.75, 3.05) is 13.1 Å². The van der Waals surface area contributed by atoms with E-state index in [-0.39, 0.29) is 0 Å². The van der Waals surface area contributed by atoms with Crippen molar-refractivity contribution in [3.05, 3.63) is 0 Å². The van der Waals surface area contributed by atoms with Gasteiger partial charge in [0.25, 0.3) is 0 Å². The van der Waals surface area contributed by atoms with E-state index >= 15 is 0 Å². The molecule has 1 unspecified atom stereocenters. The highest BCUT2D eigenvalue weighted by molar-refractivity contribution is 5.73. The van der Waals surface area contributed by atoms with E-state index in [9.17, 15) is 4.79 Å². The van der Waals surface area contributed by atoms with Gasteiger partial charge in [-0.05, 0) is 59.5 Å². The molecule has 1 fully saturated rings. The zero-order valence-electron chi connectivity index (χ0n) is 10.8. The maximum absolute atomic E-state index is 10.9. The molecule has 0 aromatic rings. The van der Waals surface area contributed by atoms with E-state index in [1.54, 1.807) is 0 Å². The zero-order chi connectivity index (χ0) is 12.2. The van der Waals surface area contributed by atoms with Crippen LogP contribution in [0, 0.1) is 5.41 Å². The molecule has 1 rings (SSSR count). The first-order chi connectivity index (χ1) is 7.43. The Morgan fingerprint density at radius 1 is 1.44 bits per heavy atom. The third-order valence-electron chi connectivity index (χ3n) is 3.77. The smallest absolute Gasteiger partial charge is 0.309 e. The van der Waals surface area contributed by atoms with Crippen molar-refractivity contribution < 1.29 is 9.90 Å². The van der Waals surface area contributed by atoms with Gasteiger partial charge in [0.1, 0.15) is 0 Å². The predicted octanol–water partition coefficient (Wildman–Crippen LogP) is 2.75. The van der Waals surface area contributed by atoms with Gasteiger partial charge in [0.2, 0.25) is 0 Å². The van der Waals surface area contributed by atoms with Gasteiger partial charge in [-0.2, -0.15) is 0 Å². The van der Waals surface area contributed by atoms with Gasteiger partial charge in [0, 0.05) is 6.04 Å². The number of nitrogens with zero attached hydrogens (tertiary/aromatic N) is 1. The molecule has 1 aliphatic heterocycles. The van der Waals surface area contributed by atoms with E-state index in [1.807, 2.05) is 13.8 Å². The van der Waals surface area contributed by atoms with Gasteiger partial charge < -0.3 is 10.0 Å². The summed E-state index contributed by atoms with van der Waals surface area (Å²) in [6.45, 7) is 8.27. The van der Waals surface area contributed by atoms with Crippen molar-refractivity contribution in [3.8, 4) is 0 Å². The maximum Gasteiger partial charge on any atom is 0.309 e. The number of hydrogen-bond donors (Lipinski definition) is 1. The lowest BCUT2D eigenvalue weighted by atomic mass is 9.87. The van der Waals surface area contributed by atoms with Gasteiger partial charge in [-0.15, -0.1) is 0 Å². The molecular formula is C13H25NO2. The van der Waals surface area contributed by atoms with Crippen molar-refractivity contribution in [1.29, 1.82) is 0 Å². The molecule has 0 amide bonds. The Hall–Kier alpha value is -0.570. The molecule has 16 heavy (non-hydrogen) atoms. The molecule has 3 heteroatoms. The first kappa shape index (κ1) is 13.5. The summed E-state index contributed by atoms with van der Waals surface area (Å²) in [5, 5.41) is 8.98. The molecule has 0 aliphatic carbocycles. The van der Waals surface area contributed by atoms with Crippen molar-refractivity contribution in [2.45, 2.75) is 58.9 Å². The van der Waals surface area contributed by atoms with Crippen molar-refractivity contribution in [1.82, 2.24) is 4.90 Å². The topological polar surface area (TPSA) is 40.5 Å². The second kappa shape index (κ2) is 5.67. The molecule has 94 valence electrons. The van der Waals surface area contributed by atoms with Crippen molar-refractivity contribution in [2.24, 2.45) is 5.41 Å². The molecule has 1 saturated heterocycles. The molecule has 3 nitrogen and oxygen atoms in total. The second-order valence-corrected chi connectivity index (χ2v) is 5.67. The average Bonchev–Trinajstić information content (AvgIpc) is 2.59. The monoisotopic (exact) mass is 227 g/mol. The lowest BCUT2D eigenvalue weighted by molar-refractivity contribution is -0.147. The molecule has 1 aliphatic rings. The third kappa shape index (κ3) is 3.78. The largest absolute Gasteiger partial charge is 0.481 e. The Labute approximate surface area is 98.8 Å². The fourth-order valence-electron chi connectivity index (χ4n) is 2.31. The Kier molecular flexibility index (Phi) is 4.78. The highest BCUT2D eigenvalue weighted by atomic mass is 16.4. The molecule has 1 atom stereocenters. The van der Waals surface area contributed by atoms with Gasteiger partial charge in [0.05, 0.1) is 5.41 Å². The molecule has 1 heterocycles. The van der Waals surface area contributed by atoms with Crippen LogP contribution >= 0.6 is 0 Å². The minimum Gasteiger partial charge on any atom is -0.481 e. The Morgan fingerprint density at radius 2 is 2.12 bits per heavy atom. The number of carboxylic acid groups (broad SMARTS) is 1. The Bertz CT molecular complexity index is 238. The number of hydrogen-bond acceptors (Lipinski definition) is 2. The van der Waals surface area contributed by atoms with Gasteiger partial charge >= 0.3 is 5.97 Å². The summed E-state index contributed by atoms with van der Waals surface area (Å²) < 4.78 is 0. The lowest BCUT2D eigenvalue weighted by Gasteiger charge is -2.22. The first-order valence-electron chi connectivity index (χ1n) is 6.41. The van der Waals surface area contributed by atoms with Crippen LogP contribution in [0.15, 0.2) is 0 Å². The predicted molar refractivity (Wildman–Crippen MR) is 65.5 cm³/mol. The van der Waals surface area contributed by atoms with E-state index in [2.05, 4.69) is 11.8 Å². The Balaban J connectivity index is 2.14. The average molecular weight is 227 g/mol. The van der Waals surface area contributed by atoms with E-state index in [4.69, 9.17) is 5.11 Å². The summed E-state index contributed by atoms with van der Waals surface area (Å²) in [5.41, 5.74) is -0.559. The number of unbranched alkanes of at least 4 members (excludes halogenated alkanes) is 1. The molecular weight excluding hydrogens is 202 g/mol. The number of rotatable bonds is 6. The lowest BCUT2D eigenvalue weighted by Crippen LogP contribution is -2.28. The summed E-state index contributed by atoms with van der Waals surface area (Å²) in [6.07, 6.45) is 5.57. The third-order valence-corrected chi connectivity index (χ3v) is 3.77. The highest BCUT2D eigenvalue weighted by Crippen LogP contribution is 2.24. The van der Waals surface area contributed by atoms with Crippen LogP contribution in [0.1, 0.15) is 52.9 Å². The molecule has 0 aromatic carbocycles. The summed E-state index contributed by atoms with van der Waals surface area (Å²) >= 11 is 0. The van der Waals surface area contributed by atoms with Gasteiger partial charge in [0.15, 0.2) is 0 Å². The summed E-state index contributed by atoms with van der Waals surface area (Å²) in [4.78, 5) is 13.4. The fourth-order valence-corrected chi connectivity index (χ4v) is 2.31. The van der Waals surface area contributed by atoms with Crippen LogP contribution in [-0.2, 0) is 4.79 Å². The van der Waals surface area contributed by atoms with Crippen LogP contribution in [0.25, 0.3) is 0 Å². The van der Waals surface area contributed by atoms with E-state index in [0.29, 0.717) is 0 Å². The van der Waals surface area contributed by atoms with Crippen LogP contribution in [-0.4, -0.2) is 35.1 Å². The normalized spacial score (nSPS) is 22.6. The number of carbonyl (C=O) groups is 1. The van der Waals surface area contributed by atoms with Gasteiger partial charge in [-0.25, -0.2) is 0 Å². The summed E-state index contributed by atoms with van der Waals surface area (Å²) in [6, 6.07) is 0.729. The summed E-state index contributed by atoms with van der Waals surface area (Å²) in [7, 11) is 0. The van der Waals surface area contributed by atoms with Crippen LogP contribution in [0.3, 0.4) is 0 Å². The SMILES string of the molecule is CC1CCCN1CCCCC(C)(C)C(=O)O. The highest BCUT2D eigenvalue weighted by Gasteiger charge is 2.26. The number of likely N-dealkylation sites (tertiary alicyclic amines) is 1. The molecule has 0 spiro atoms. The minimum absolute atomic E-state index is 0.559. The fraction of sp³-hybridized carbons (Fsp3) is 0.923. The van der Waals surface area contributed by atoms with Crippen molar-refractivity contribution in [3.63, 3.8) is 0 Å². The quantitative estimate of drug-likeness (QED) is 0.709. The van der Waals surface area contributed by atoms with Gasteiger partial charge in [-0.1, -0.05) is 6.42 Å². The molecule has 0 bridgehead atoms. The van der Waals surface area contributed by atoms with Crippen LogP contribution in [0.2, 0.25) is 0 Å². The van der Waals surface area contributed by atoms with Crippen LogP contribution in [0.5, 0.6) is 0 Å². The van der Waals surface area contributed by atoms with Gasteiger partial charge in [-0.3, -0.25) is 4.79 Å². The molecule has 0 saturated carbocycles. The van der Waals surface area contributed by atoms with Crippen LogP contribution in [0.4, 0.5) is 0 Å². The first-order valence-corrected chi connectivity index (χ1v) is 6.41. The second-order valence-electron chi connectivity index (χ2n) is 5.67. The number of carboxylic acids is 1. The maximum atomic E-state index is 10.9. The van der Waals surface area contributed by atoms with E-state index < -0.39 is 11.4 Å². The minimum atomic E-state index is -0.679.